The molecule has 2 heteroatoms. The van der Waals surface area contributed by atoms with Crippen LogP contribution in [0.1, 0.15) is 53.4 Å². The lowest BCUT2D eigenvalue weighted by Crippen LogP contribution is -2.32. The zero-order chi connectivity index (χ0) is 10.5. The third-order valence-electron chi connectivity index (χ3n) is 2.31. The Morgan fingerprint density at radius 3 is 2.08 bits per heavy atom. The highest BCUT2D eigenvalue weighted by molar-refractivity contribution is 5.50. The highest BCUT2D eigenvalue weighted by Crippen LogP contribution is 2.27. The molecule has 0 saturated carbocycles. The van der Waals surface area contributed by atoms with Gasteiger partial charge in [-0.3, -0.25) is 0 Å². The molecule has 0 unspecified atom stereocenters. The Balaban J connectivity index is 3.69. The molecule has 0 radical (unpaired) electrons. The van der Waals surface area contributed by atoms with E-state index in [1.807, 2.05) is 13.8 Å². The number of aldehydes is 1. The number of carbonyl (C=O) groups excluding carboxylic acids is 1. The monoisotopic (exact) mass is 185 g/mol. The van der Waals surface area contributed by atoms with Crippen LogP contribution < -0.4 is 5.73 Å². The second-order valence-electron chi connectivity index (χ2n) is 5.38. The predicted octanol–water partition coefficient (Wildman–Crippen LogP) is 2.51. The molecule has 0 spiro atoms. The van der Waals surface area contributed by atoms with Crippen LogP contribution >= 0.6 is 0 Å². The lowest BCUT2D eigenvalue weighted by atomic mass is 9.83. The Labute approximate surface area is 81.9 Å². The standard InChI is InChI=1S/C11H23NO/c1-10(2,8-9-13)6-5-7-11(3,4)12/h9H,5-8,12H2,1-4H3. The Bertz CT molecular complexity index is 156. The van der Waals surface area contributed by atoms with Gasteiger partial charge in [0, 0.05) is 12.0 Å². The molecule has 78 valence electrons. The van der Waals surface area contributed by atoms with E-state index in [4.69, 9.17) is 5.73 Å². The van der Waals surface area contributed by atoms with Gasteiger partial charge in [-0.25, -0.2) is 0 Å². The van der Waals surface area contributed by atoms with E-state index >= 15 is 0 Å². The summed E-state index contributed by atoms with van der Waals surface area (Å²) in [5, 5.41) is 0. The van der Waals surface area contributed by atoms with Gasteiger partial charge in [0.2, 0.25) is 0 Å². The van der Waals surface area contributed by atoms with Crippen LogP contribution in [0, 0.1) is 5.41 Å². The maximum atomic E-state index is 10.4. The van der Waals surface area contributed by atoms with E-state index in [0.29, 0.717) is 6.42 Å². The van der Waals surface area contributed by atoms with Gasteiger partial charge in [-0.2, -0.15) is 0 Å². The summed E-state index contributed by atoms with van der Waals surface area (Å²) in [6, 6.07) is 0. The van der Waals surface area contributed by atoms with E-state index in [2.05, 4.69) is 13.8 Å². The maximum absolute atomic E-state index is 10.4. The van der Waals surface area contributed by atoms with Crippen LogP contribution in [0.3, 0.4) is 0 Å². The first kappa shape index (κ1) is 12.6. The summed E-state index contributed by atoms with van der Waals surface area (Å²) in [7, 11) is 0. The van der Waals surface area contributed by atoms with Gasteiger partial charge in [0.05, 0.1) is 0 Å². The summed E-state index contributed by atoms with van der Waals surface area (Å²) in [4.78, 5) is 10.4. The number of hydrogen-bond acceptors (Lipinski definition) is 2. The third-order valence-corrected chi connectivity index (χ3v) is 2.31. The fourth-order valence-electron chi connectivity index (χ4n) is 1.35. The third kappa shape index (κ3) is 7.97. The summed E-state index contributed by atoms with van der Waals surface area (Å²) in [6.45, 7) is 8.34. The number of rotatable bonds is 6. The van der Waals surface area contributed by atoms with Crippen LogP contribution in [0.25, 0.3) is 0 Å². The minimum atomic E-state index is -0.0722. The molecule has 0 fully saturated rings. The Hall–Kier alpha value is -0.370. The summed E-state index contributed by atoms with van der Waals surface area (Å²) in [5.41, 5.74) is 5.94. The minimum absolute atomic E-state index is 0.0722. The molecule has 0 amide bonds. The highest BCUT2D eigenvalue weighted by atomic mass is 16.1. The molecule has 2 N–H and O–H groups in total. The summed E-state index contributed by atoms with van der Waals surface area (Å²) < 4.78 is 0. The van der Waals surface area contributed by atoms with Crippen molar-refractivity contribution >= 4 is 6.29 Å². The largest absolute Gasteiger partial charge is 0.326 e. The molecule has 0 aliphatic carbocycles. The highest BCUT2D eigenvalue weighted by Gasteiger charge is 2.18. The molecule has 0 rings (SSSR count). The van der Waals surface area contributed by atoms with Gasteiger partial charge in [0.25, 0.3) is 0 Å². The number of carbonyl (C=O) groups is 1. The van der Waals surface area contributed by atoms with Crippen molar-refractivity contribution in [3.63, 3.8) is 0 Å². The zero-order valence-corrected chi connectivity index (χ0v) is 9.39. The second-order valence-corrected chi connectivity index (χ2v) is 5.38. The van der Waals surface area contributed by atoms with Gasteiger partial charge in [-0.05, 0) is 32.1 Å². The summed E-state index contributed by atoms with van der Waals surface area (Å²) >= 11 is 0. The van der Waals surface area contributed by atoms with Gasteiger partial charge >= 0.3 is 0 Å². The van der Waals surface area contributed by atoms with E-state index < -0.39 is 0 Å². The fourth-order valence-corrected chi connectivity index (χ4v) is 1.35. The lowest BCUT2D eigenvalue weighted by Gasteiger charge is -2.24. The summed E-state index contributed by atoms with van der Waals surface area (Å²) in [5.74, 6) is 0. The van der Waals surface area contributed by atoms with E-state index in [1.165, 1.54) is 0 Å². The van der Waals surface area contributed by atoms with Crippen molar-refractivity contribution in [1.29, 1.82) is 0 Å². The van der Waals surface area contributed by atoms with Gasteiger partial charge in [0.15, 0.2) is 0 Å². The first-order valence-corrected chi connectivity index (χ1v) is 4.99. The van der Waals surface area contributed by atoms with Gasteiger partial charge in [-0.15, -0.1) is 0 Å². The quantitative estimate of drug-likeness (QED) is 0.646. The summed E-state index contributed by atoms with van der Waals surface area (Å²) in [6.07, 6.45) is 4.86. The Morgan fingerprint density at radius 2 is 1.69 bits per heavy atom. The average molecular weight is 185 g/mol. The molecular weight excluding hydrogens is 162 g/mol. The van der Waals surface area contributed by atoms with Crippen LogP contribution in [0.5, 0.6) is 0 Å². The van der Waals surface area contributed by atoms with Crippen LogP contribution in [-0.2, 0) is 4.79 Å². The second kappa shape index (κ2) is 4.75. The van der Waals surface area contributed by atoms with Crippen LogP contribution in [0.4, 0.5) is 0 Å². The molecule has 13 heavy (non-hydrogen) atoms. The molecule has 0 heterocycles. The minimum Gasteiger partial charge on any atom is -0.326 e. The van der Waals surface area contributed by atoms with Crippen molar-refractivity contribution in [3.8, 4) is 0 Å². The molecule has 2 nitrogen and oxygen atoms in total. The first-order valence-electron chi connectivity index (χ1n) is 4.99. The molecular formula is C11H23NO. The molecule has 0 aromatic heterocycles. The van der Waals surface area contributed by atoms with Crippen molar-refractivity contribution in [2.24, 2.45) is 11.1 Å². The zero-order valence-electron chi connectivity index (χ0n) is 9.39. The van der Waals surface area contributed by atoms with Gasteiger partial charge in [-0.1, -0.05) is 20.3 Å². The molecule has 0 bridgehead atoms. The van der Waals surface area contributed by atoms with Crippen LogP contribution in [0.2, 0.25) is 0 Å². The number of hydrogen-bond donors (Lipinski definition) is 1. The molecule has 0 aliphatic rings. The molecule has 0 aromatic carbocycles. The van der Waals surface area contributed by atoms with Crippen molar-refractivity contribution in [1.82, 2.24) is 0 Å². The van der Waals surface area contributed by atoms with E-state index in [-0.39, 0.29) is 11.0 Å². The van der Waals surface area contributed by atoms with Gasteiger partial charge < -0.3 is 10.5 Å². The first-order chi connectivity index (χ1) is 5.77. The fraction of sp³-hybridized carbons (Fsp3) is 0.909. The van der Waals surface area contributed by atoms with E-state index in [9.17, 15) is 4.79 Å². The molecule has 0 aliphatic heterocycles. The lowest BCUT2D eigenvalue weighted by molar-refractivity contribution is -0.109. The van der Waals surface area contributed by atoms with Crippen LogP contribution in [0.15, 0.2) is 0 Å². The maximum Gasteiger partial charge on any atom is 0.120 e. The SMILES string of the molecule is CC(C)(N)CCCC(C)(C)CC=O. The molecule has 0 aromatic rings. The van der Waals surface area contributed by atoms with Crippen molar-refractivity contribution in [2.75, 3.05) is 0 Å². The van der Waals surface area contributed by atoms with E-state index in [1.54, 1.807) is 0 Å². The van der Waals surface area contributed by atoms with Crippen LogP contribution in [-0.4, -0.2) is 11.8 Å². The Morgan fingerprint density at radius 1 is 1.15 bits per heavy atom. The number of nitrogens with two attached hydrogens (primary N) is 1. The van der Waals surface area contributed by atoms with Gasteiger partial charge in [0.1, 0.15) is 6.29 Å². The smallest absolute Gasteiger partial charge is 0.120 e. The molecule has 0 atom stereocenters. The average Bonchev–Trinajstić information content (AvgIpc) is 1.82. The Kier molecular flexibility index (Phi) is 4.62. The normalized spacial score (nSPS) is 13.0. The van der Waals surface area contributed by atoms with Crippen molar-refractivity contribution in [3.05, 3.63) is 0 Å². The topological polar surface area (TPSA) is 43.1 Å². The van der Waals surface area contributed by atoms with Crippen molar-refractivity contribution < 1.29 is 4.79 Å². The predicted molar refractivity (Wildman–Crippen MR) is 56.6 cm³/mol. The van der Waals surface area contributed by atoms with E-state index in [0.717, 1.165) is 25.5 Å². The van der Waals surface area contributed by atoms with Crippen molar-refractivity contribution in [2.45, 2.75) is 58.9 Å². The molecule has 0 saturated heterocycles.